The van der Waals surface area contributed by atoms with Gasteiger partial charge in [-0.15, -0.1) is 0 Å². The van der Waals surface area contributed by atoms with Crippen LogP contribution < -0.4 is 0 Å². The van der Waals surface area contributed by atoms with Gasteiger partial charge < -0.3 is 0 Å². The van der Waals surface area contributed by atoms with Crippen LogP contribution in [0.3, 0.4) is 0 Å². The van der Waals surface area contributed by atoms with Crippen molar-refractivity contribution in [3.8, 4) is 122 Å². The lowest BCUT2D eigenvalue weighted by molar-refractivity contribution is 0.661. The third-order valence-electron chi connectivity index (χ3n) is 29.0. The fourth-order valence-corrected chi connectivity index (χ4v) is 24.1. The summed E-state index contributed by atoms with van der Waals surface area (Å²) in [5.41, 5.74) is 41.9. The first-order valence-electron chi connectivity index (χ1n) is 43.4. The first-order chi connectivity index (χ1) is 59.8. The maximum Gasteiger partial charge on any atom is 0.0725 e. The molecule has 0 fully saturated rings. The second-order valence-electron chi connectivity index (χ2n) is 36.2. The smallest absolute Gasteiger partial charge is 0.0619 e. The minimum Gasteiger partial charge on any atom is -0.0619 e. The van der Waals surface area contributed by atoms with Gasteiger partial charge in [0, 0.05) is 16.2 Å². The van der Waals surface area contributed by atoms with E-state index < -0.39 is 5.41 Å². The lowest BCUT2D eigenvalue weighted by Gasteiger charge is -2.31. The van der Waals surface area contributed by atoms with E-state index in [1.54, 1.807) is 0 Å². The molecule has 1 spiro atoms. The summed E-state index contributed by atoms with van der Waals surface area (Å²) in [5, 5.41) is 18.1. The first kappa shape index (κ1) is 70.5. The van der Waals surface area contributed by atoms with Crippen LogP contribution in [0.15, 0.2) is 400 Å². The van der Waals surface area contributed by atoms with E-state index in [1.165, 1.54) is 253 Å². The van der Waals surface area contributed by atoms with E-state index in [9.17, 15) is 0 Å². The van der Waals surface area contributed by atoms with Crippen LogP contribution in [-0.2, 0) is 21.7 Å². The predicted octanol–water partition coefficient (Wildman–Crippen LogP) is 32.7. The molecule has 0 heterocycles. The van der Waals surface area contributed by atoms with E-state index in [0.29, 0.717) is 0 Å². The third kappa shape index (κ3) is 9.64. The number of benzene rings is 21. The monoisotopic (exact) mass is 1550 g/mol. The largest absolute Gasteiger partial charge is 0.0725 e. The van der Waals surface area contributed by atoms with E-state index in [1.807, 2.05) is 0 Å². The molecule has 0 atom stereocenters. The molecule has 0 amide bonds. The molecule has 0 aliphatic heterocycles. The summed E-state index contributed by atoms with van der Waals surface area (Å²) in [5.74, 6) is 0. The average Bonchev–Trinajstić information content (AvgIpc) is 1.51. The number of rotatable bonds is 6. The zero-order valence-electron chi connectivity index (χ0n) is 69.1. The Morgan fingerprint density at radius 2 is 0.434 bits per heavy atom. The van der Waals surface area contributed by atoms with Gasteiger partial charge in [-0.3, -0.25) is 0 Å². The highest BCUT2D eigenvalue weighted by Crippen LogP contribution is 2.65. The second-order valence-corrected chi connectivity index (χ2v) is 36.2. The van der Waals surface area contributed by atoms with Crippen molar-refractivity contribution in [2.45, 2.75) is 63.2 Å². The van der Waals surface area contributed by atoms with Crippen LogP contribution in [0.1, 0.15) is 97.2 Å². The van der Waals surface area contributed by atoms with Gasteiger partial charge in [0.25, 0.3) is 0 Å². The molecule has 0 N–H and O–H groups in total. The molecule has 5 aliphatic carbocycles. The Labute approximate surface area is 712 Å². The lowest BCUT2D eigenvalue weighted by atomic mass is 9.70. The van der Waals surface area contributed by atoms with Crippen molar-refractivity contribution < 1.29 is 0 Å². The number of hydrogen-bond acceptors (Lipinski definition) is 0. The minimum atomic E-state index is -0.401. The Bertz CT molecular complexity index is 7990. The van der Waals surface area contributed by atoms with E-state index in [-0.39, 0.29) is 16.2 Å². The highest BCUT2D eigenvalue weighted by Gasteiger charge is 2.52. The van der Waals surface area contributed by atoms with Crippen LogP contribution in [0.25, 0.3) is 198 Å². The zero-order valence-corrected chi connectivity index (χ0v) is 69.1. The predicted molar refractivity (Wildman–Crippen MR) is 517 cm³/mol. The molecule has 0 heteroatoms. The van der Waals surface area contributed by atoms with Crippen LogP contribution >= 0.6 is 0 Å². The minimum absolute atomic E-state index is 0.114. The van der Waals surface area contributed by atoms with Gasteiger partial charge in [-0.05, 0) is 278 Å². The van der Waals surface area contributed by atoms with Gasteiger partial charge in [-0.25, -0.2) is 0 Å². The summed E-state index contributed by atoms with van der Waals surface area (Å²) in [6.07, 6.45) is 0. The Balaban J connectivity index is 0.000000135. The highest BCUT2D eigenvalue weighted by molar-refractivity contribution is 6.26. The van der Waals surface area contributed by atoms with E-state index >= 15 is 0 Å². The van der Waals surface area contributed by atoms with E-state index in [2.05, 4.69) is 442 Å². The summed E-state index contributed by atoms with van der Waals surface area (Å²) in [6, 6.07) is 151. The zero-order chi connectivity index (χ0) is 81.2. The second kappa shape index (κ2) is 26.0. The summed E-state index contributed by atoms with van der Waals surface area (Å²) in [4.78, 5) is 0. The maximum atomic E-state index is 2.54. The number of hydrogen-bond donors (Lipinski definition) is 0. The standard InChI is InChI=1S/C64H42.C58H42/c1-63(2)61-43-20-4-3-17-39(43)33-36-54(61)53-29-16-28-44(62(53)63)40-18-15-19-41(37-40)59-49-24-5-7-26-51(49)60(52-27-8-6-25-50(52)59)42-34-35-48-47-23-11-14-32-57(47)64(58(48)38-42)55-30-12-9-21-45(55)46-22-10-13-31-56(46)64;1-57(2)50-30-14-13-27-48(50)54-41-22-8-7-21-40(41)49(34-51(54)57)53-44-25-11-9-23-42(44)52(43-24-10-12-26-45(43)53)37-19-15-18-36(33-37)39-28-16-29-46-47-32-31-35-17-5-6-20-38(35)55(47)58(3,4)56(39)46/h3-38H,1-2H3;5-34H,1-4H3. The Hall–Kier alpha value is -14.6. The van der Waals surface area contributed by atoms with Crippen LogP contribution in [0.5, 0.6) is 0 Å². The Morgan fingerprint density at radius 1 is 0.139 bits per heavy atom. The van der Waals surface area contributed by atoms with Crippen molar-refractivity contribution in [1.82, 2.24) is 0 Å². The summed E-state index contributed by atoms with van der Waals surface area (Å²) < 4.78 is 0. The quantitative estimate of drug-likeness (QED) is 0.146. The van der Waals surface area contributed by atoms with Gasteiger partial charge in [0.15, 0.2) is 0 Å². The molecule has 5 aliphatic rings. The van der Waals surface area contributed by atoms with Crippen LogP contribution in [-0.4, -0.2) is 0 Å². The molecular formula is C122H84. The fraction of sp³-hybridized carbons (Fsp3) is 0.0820. The molecule has 0 saturated carbocycles. The van der Waals surface area contributed by atoms with Gasteiger partial charge in [0.05, 0.1) is 5.41 Å². The molecule has 0 nitrogen and oxygen atoms in total. The van der Waals surface area contributed by atoms with Gasteiger partial charge in [-0.2, -0.15) is 0 Å². The fourth-order valence-electron chi connectivity index (χ4n) is 24.1. The van der Waals surface area contributed by atoms with Crippen molar-refractivity contribution in [3.63, 3.8) is 0 Å². The average molecular weight is 1550 g/mol. The van der Waals surface area contributed by atoms with Crippen molar-refractivity contribution in [3.05, 3.63) is 456 Å². The molecule has 572 valence electrons. The maximum absolute atomic E-state index is 2.54. The normalized spacial score (nSPS) is 14.4. The Kier molecular flexibility index (Phi) is 15.0. The topological polar surface area (TPSA) is 0 Å². The van der Waals surface area contributed by atoms with Crippen LogP contribution in [0.2, 0.25) is 0 Å². The molecule has 26 rings (SSSR count). The Morgan fingerprint density at radius 3 is 0.869 bits per heavy atom. The first-order valence-corrected chi connectivity index (χ1v) is 43.4. The van der Waals surface area contributed by atoms with E-state index in [4.69, 9.17) is 0 Å². The molecule has 0 aromatic heterocycles. The van der Waals surface area contributed by atoms with Crippen molar-refractivity contribution in [2.75, 3.05) is 0 Å². The summed E-state index contributed by atoms with van der Waals surface area (Å²) >= 11 is 0. The van der Waals surface area contributed by atoms with Crippen molar-refractivity contribution in [1.29, 1.82) is 0 Å². The van der Waals surface area contributed by atoms with Crippen LogP contribution in [0, 0.1) is 0 Å². The summed E-state index contributed by atoms with van der Waals surface area (Å²) in [6.45, 7) is 14.5. The van der Waals surface area contributed by atoms with Gasteiger partial charge in [0.1, 0.15) is 0 Å². The van der Waals surface area contributed by atoms with Gasteiger partial charge >= 0.3 is 0 Å². The van der Waals surface area contributed by atoms with Crippen molar-refractivity contribution >= 4 is 75.4 Å². The molecule has 21 aromatic rings. The third-order valence-corrected chi connectivity index (χ3v) is 29.0. The van der Waals surface area contributed by atoms with E-state index in [0.717, 1.165) is 0 Å². The summed E-state index contributed by atoms with van der Waals surface area (Å²) in [7, 11) is 0. The molecule has 0 saturated heterocycles. The van der Waals surface area contributed by atoms with Crippen LogP contribution in [0.4, 0.5) is 0 Å². The molecule has 0 radical (unpaired) electrons. The highest BCUT2D eigenvalue weighted by atomic mass is 14.5. The molecule has 122 heavy (non-hydrogen) atoms. The molecular weight excluding hydrogens is 1470 g/mol. The number of fused-ring (bicyclic) bond motifs is 29. The SMILES string of the molecule is CC1(C)c2c(-c3cccc(-c4c5ccccc5c(-c5ccc6c(c5)C5(c7ccccc7-c7ccccc75)c5ccccc5-6)c5ccccc45)c3)cccc2-c2ccc3ccccc3c21.CC1(C)c2ccccc2-c2c1cc(-c1c3ccccc3c(-c3cccc(-c4cccc5c4C(C)(C)c4c-5ccc5ccccc45)c3)c3ccccc13)c1ccccc21. The van der Waals surface area contributed by atoms with Gasteiger partial charge in [-0.1, -0.05) is 418 Å². The molecule has 0 unspecified atom stereocenters. The molecule has 21 aromatic carbocycles. The van der Waals surface area contributed by atoms with Crippen molar-refractivity contribution in [2.24, 2.45) is 0 Å². The molecule has 0 bridgehead atoms. The lowest BCUT2D eigenvalue weighted by Crippen LogP contribution is -2.25. The van der Waals surface area contributed by atoms with Gasteiger partial charge in [0.2, 0.25) is 0 Å².